The normalized spacial score (nSPS) is 14.9. The highest BCUT2D eigenvalue weighted by Crippen LogP contribution is 2.40. The van der Waals surface area contributed by atoms with Crippen LogP contribution in [0.2, 0.25) is 0 Å². The molecule has 1 aliphatic rings. The smallest absolute Gasteiger partial charge is 0.199 e. The fraction of sp³-hybridized carbons (Fsp3) is 0.273. The number of nitrogens with one attached hydrogen (secondary N) is 1. The Bertz CT molecular complexity index is 550. The van der Waals surface area contributed by atoms with E-state index in [9.17, 15) is 0 Å². The summed E-state index contributed by atoms with van der Waals surface area (Å²) in [5, 5.41) is 0. The van der Waals surface area contributed by atoms with E-state index in [1.54, 1.807) is 6.26 Å². The molecule has 0 amide bonds. The second kappa shape index (κ2) is 4.12. The maximum absolute atomic E-state index is 5.42. The second-order valence-corrected chi connectivity index (χ2v) is 4.87. The zero-order chi connectivity index (χ0) is 11.8. The van der Waals surface area contributed by atoms with Gasteiger partial charge in [-0.3, -0.25) is 0 Å². The van der Waals surface area contributed by atoms with Gasteiger partial charge < -0.3 is 9.84 Å². The summed E-state index contributed by atoms with van der Waals surface area (Å²) in [5.41, 5.74) is 3.58. The number of halogens is 1. The Morgan fingerprint density at radius 3 is 2.82 bits per heavy atom. The lowest BCUT2D eigenvalue weighted by Crippen LogP contribution is -2.10. The number of hydrogen-bond donors (Lipinski definition) is 2. The van der Waals surface area contributed by atoms with Crippen LogP contribution in [0.1, 0.15) is 24.5 Å². The number of aromatic nitrogens is 2. The van der Waals surface area contributed by atoms with E-state index in [0.29, 0.717) is 23.3 Å². The first-order valence-corrected chi connectivity index (χ1v) is 6.16. The number of rotatable bonds is 3. The summed E-state index contributed by atoms with van der Waals surface area (Å²) >= 11 is 3.40. The van der Waals surface area contributed by atoms with Crippen molar-refractivity contribution >= 4 is 21.7 Å². The van der Waals surface area contributed by atoms with Crippen LogP contribution in [0.15, 0.2) is 27.3 Å². The number of nitrogens with zero attached hydrogens (tertiary/aromatic N) is 2. The first-order valence-electron chi connectivity index (χ1n) is 5.37. The zero-order valence-electron chi connectivity index (χ0n) is 8.98. The van der Waals surface area contributed by atoms with E-state index in [2.05, 4.69) is 31.3 Å². The third kappa shape index (κ3) is 2.05. The first kappa shape index (κ1) is 10.7. The van der Waals surface area contributed by atoms with Gasteiger partial charge in [-0.2, -0.15) is 0 Å². The highest BCUT2D eigenvalue weighted by Gasteiger charge is 2.26. The standard InChI is InChI=1S/C11H11BrN4O/c12-7-3-4-17-10(7)11-14-8(6-1-2-6)5-9(15-11)16-13/h3-6H,1-2,13H2,(H,14,15,16). The van der Waals surface area contributed by atoms with Crippen LogP contribution in [0.3, 0.4) is 0 Å². The predicted octanol–water partition coefficient (Wildman–Crippen LogP) is 2.66. The molecule has 2 aromatic rings. The minimum atomic E-state index is 0.539. The van der Waals surface area contributed by atoms with Gasteiger partial charge in [0.05, 0.1) is 10.7 Å². The van der Waals surface area contributed by atoms with Crippen molar-refractivity contribution in [2.24, 2.45) is 5.84 Å². The van der Waals surface area contributed by atoms with Crippen molar-refractivity contribution in [1.82, 2.24) is 9.97 Å². The van der Waals surface area contributed by atoms with Crippen LogP contribution < -0.4 is 11.3 Å². The number of hydrazine groups is 1. The van der Waals surface area contributed by atoms with E-state index in [-0.39, 0.29) is 0 Å². The fourth-order valence-corrected chi connectivity index (χ4v) is 2.06. The highest BCUT2D eigenvalue weighted by atomic mass is 79.9. The van der Waals surface area contributed by atoms with Crippen molar-refractivity contribution in [3.05, 3.63) is 28.6 Å². The molecule has 3 rings (SSSR count). The molecular formula is C11H11BrN4O. The maximum atomic E-state index is 5.42. The van der Waals surface area contributed by atoms with E-state index in [1.807, 2.05) is 12.1 Å². The molecule has 0 atom stereocenters. The van der Waals surface area contributed by atoms with Gasteiger partial charge in [0.1, 0.15) is 5.82 Å². The lowest BCUT2D eigenvalue weighted by atomic mass is 10.2. The summed E-state index contributed by atoms with van der Waals surface area (Å²) in [7, 11) is 0. The third-order valence-electron chi connectivity index (χ3n) is 2.71. The molecule has 0 aliphatic heterocycles. The molecule has 5 nitrogen and oxygen atoms in total. The SMILES string of the molecule is NNc1cc(C2CC2)nc(-c2occc2Br)n1. The Kier molecular flexibility index (Phi) is 2.60. The Hall–Kier alpha value is -1.40. The molecule has 1 aliphatic carbocycles. The molecule has 1 saturated carbocycles. The number of hydrogen-bond acceptors (Lipinski definition) is 5. The average molecular weight is 295 g/mol. The van der Waals surface area contributed by atoms with Gasteiger partial charge in [0, 0.05) is 17.7 Å². The van der Waals surface area contributed by atoms with Crippen LogP contribution in [-0.2, 0) is 0 Å². The van der Waals surface area contributed by atoms with Crippen LogP contribution in [-0.4, -0.2) is 9.97 Å². The zero-order valence-corrected chi connectivity index (χ0v) is 10.6. The summed E-state index contributed by atoms with van der Waals surface area (Å²) in [6.45, 7) is 0. The number of anilines is 1. The molecule has 17 heavy (non-hydrogen) atoms. The van der Waals surface area contributed by atoms with Crippen LogP contribution in [0.25, 0.3) is 11.6 Å². The summed E-state index contributed by atoms with van der Waals surface area (Å²) in [5.74, 6) is 7.75. The summed E-state index contributed by atoms with van der Waals surface area (Å²) < 4.78 is 6.21. The number of nitrogens with two attached hydrogens (primary N) is 1. The summed E-state index contributed by atoms with van der Waals surface area (Å²) in [6, 6.07) is 3.70. The quantitative estimate of drug-likeness (QED) is 0.672. The maximum Gasteiger partial charge on any atom is 0.199 e. The van der Waals surface area contributed by atoms with Crippen molar-refractivity contribution in [1.29, 1.82) is 0 Å². The fourth-order valence-electron chi connectivity index (χ4n) is 1.68. The van der Waals surface area contributed by atoms with Gasteiger partial charge in [0.2, 0.25) is 0 Å². The molecule has 0 unspecified atom stereocenters. The van der Waals surface area contributed by atoms with E-state index in [1.165, 1.54) is 12.8 Å². The number of furan rings is 1. The largest absolute Gasteiger partial charge is 0.460 e. The lowest BCUT2D eigenvalue weighted by Gasteiger charge is -2.05. The Morgan fingerprint density at radius 1 is 1.41 bits per heavy atom. The predicted molar refractivity (Wildman–Crippen MR) is 67.2 cm³/mol. The molecule has 2 heterocycles. The van der Waals surface area contributed by atoms with E-state index >= 15 is 0 Å². The van der Waals surface area contributed by atoms with Gasteiger partial charge in [0.25, 0.3) is 0 Å². The lowest BCUT2D eigenvalue weighted by molar-refractivity contribution is 0.575. The molecule has 6 heteroatoms. The molecule has 88 valence electrons. The van der Waals surface area contributed by atoms with Gasteiger partial charge in [0.15, 0.2) is 11.6 Å². The molecule has 1 fully saturated rings. The molecule has 0 radical (unpaired) electrons. The van der Waals surface area contributed by atoms with Crippen LogP contribution in [0.5, 0.6) is 0 Å². The molecule has 3 N–H and O–H groups in total. The molecule has 0 bridgehead atoms. The van der Waals surface area contributed by atoms with Crippen molar-refractivity contribution in [3.8, 4) is 11.6 Å². The van der Waals surface area contributed by atoms with Gasteiger partial charge in [-0.05, 0) is 34.8 Å². The van der Waals surface area contributed by atoms with Crippen LogP contribution in [0.4, 0.5) is 5.82 Å². The van der Waals surface area contributed by atoms with Gasteiger partial charge in [-0.15, -0.1) is 0 Å². The first-order chi connectivity index (χ1) is 8.28. The minimum absolute atomic E-state index is 0.539. The Balaban J connectivity index is 2.09. The minimum Gasteiger partial charge on any atom is -0.460 e. The number of nitrogen functional groups attached to an aromatic ring is 1. The van der Waals surface area contributed by atoms with Crippen molar-refractivity contribution in [2.75, 3.05) is 5.43 Å². The van der Waals surface area contributed by atoms with Gasteiger partial charge in [-0.1, -0.05) is 0 Å². The topological polar surface area (TPSA) is 77.0 Å². The van der Waals surface area contributed by atoms with Crippen LogP contribution in [0, 0.1) is 0 Å². The van der Waals surface area contributed by atoms with Crippen molar-refractivity contribution < 1.29 is 4.42 Å². The van der Waals surface area contributed by atoms with Crippen molar-refractivity contribution in [2.45, 2.75) is 18.8 Å². The summed E-state index contributed by atoms with van der Waals surface area (Å²) in [6.07, 6.45) is 3.96. The highest BCUT2D eigenvalue weighted by molar-refractivity contribution is 9.10. The average Bonchev–Trinajstić information content (AvgIpc) is 3.11. The molecular weight excluding hydrogens is 284 g/mol. The summed E-state index contributed by atoms with van der Waals surface area (Å²) in [4.78, 5) is 8.81. The monoisotopic (exact) mass is 294 g/mol. The van der Waals surface area contributed by atoms with Crippen LogP contribution >= 0.6 is 15.9 Å². The molecule has 2 aromatic heterocycles. The van der Waals surface area contributed by atoms with E-state index < -0.39 is 0 Å². The van der Waals surface area contributed by atoms with Gasteiger partial charge in [-0.25, -0.2) is 15.8 Å². The second-order valence-electron chi connectivity index (χ2n) is 4.02. The molecule has 0 saturated heterocycles. The van der Waals surface area contributed by atoms with Gasteiger partial charge >= 0.3 is 0 Å². The van der Waals surface area contributed by atoms with E-state index in [4.69, 9.17) is 10.3 Å². The van der Waals surface area contributed by atoms with E-state index in [0.717, 1.165) is 10.2 Å². The van der Waals surface area contributed by atoms with Crippen molar-refractivity contribution in [3.63, 3.8) is 0 Å². The molecule has 0 spiro atoms. The Labute approximate surface area is 107 Å². The Morgan fingerprint density at radius 2 is 2.24 bits per heavy atom. The molecule has 0 aromatic carbocycles. The third-order valence-corrected chi connectivity index (χ3v) is 3.33.